The molecule has 2 N–H and O–H groups in total. The second kappa shape index (κ2) is 6.85. The number of halogens is 3. The summed E-state index contributed by atoms with van der Waals surface area (Å²) in [6, 6.07) is 3.30. The summed E-state index contributed by atoms with van der Waals surface area (Å²) in [4.78, 5) is 15.2. The normalized spacial score (nSPS) is 12.0. The van der Waals surface area contributed by atoms with E-state index in [0.717, 1.165) is 0 Å². The number of pyridine rings is 1. The molecule has 2 rings (SSSR count). The molecule has 1 atom stereocenters. The van der Waals surface area contributed by atoms with Crippen molar-refractivity contribution in [2.45, 2.75) is 19.6 Å². The third-order valence-electron chi connectivity index (χ3n) is 2.60. The van der Waals surface area contributed by atoms with Crippen molar-refractivity contribution in [3.05, 3.63) is 40.1 Å². The predicted octanol–water partition coefficient (Wildman–Crippen LogP) is 3.21. The van der Waals surface area contributed by atoms with Gasteiger partial charge < -0.3 is 19.6 Å². The number of nitrogen functional groups attached to an aromatic ring is 1. The molecule has 2 heterocycles. The Morgan fingerprint density at radius 1 is 1.50 bits per heavy atom. The van der Waals surface area contributed by atoms with Crippen molar-refractivity contribution in [1.82, 2.24) is 4.98 Å². The fourth-order valence-corrected chi connectivity index (χ4v) is 1.82. The van der Waals surface area contributed by atoms with E-state index in [1.165, 1.54) is 13.2 Å². The molecule has 0 aliphatic heterocycles. The molecular formula is C13H11Cl2FN2O4. The first-order valence-corrected chi connectivity index (χ1v) is 6.81. The van der Waals surface area contributed by atoms with Gasteiger partial charge in [0.25, 0.3) is 0 Å². The largest absolute Gasteiger partial charge is 0.466 e. The van der Waals surface area contributed by atoms with E-state index in [2.05, 4.69) is 4.98 Å². The lowest BCUT2D eigenvalue weighted by atomic mass is 10.4. The number of carbonyl (C=O) groups excluding carboxylic acids is 1. The highest BCUT2D eigenvalue weighted by molar-refractivity contribution is 6.39. The first kappa shape index (κ1) is 16.4. The van der Waals surface area contributed by atoms with Crippen LogP contribution in [0.25, 0.3) is 0 Å². The van der Waals surface area contributed by atoms with Crippen LogP contribution >= 0.6 is 23.2 Å². The number of nitrogens with zero attached hydrogens (tertiary/aromatic N) is 1. The molecule has 0 amide bonds. The van der Waals surface area contributed by atoms with Crippen LogP contribution in [0.5, 0.6) is 5.88 Å². The van der Waals surface area contributed by atoms with Crippen molar-refractivity contribution in [3.63, 3.8) is 0 Å². The Bertz CT molecular complexity index is 679. The zero-order valence-corrected chi connectivity index (χ0v) is 12.8. The van der Waals surface area contributed by atoms with Gasteiger partial charge in [0.15, 0.2) is 6.10 Å². The van der Waals surface area contributed by atoms with Crippen LogP contribution in [-0.4, -0.2) is 17.1 Å². The van der Waals surface area contributed by atoms with Crippen molar-refractivity contribution >= 4 is 34.9 Å². The predicted molar refractivity (Wildman–Crippen MR) is 77.2 cm³/mol. The van der Waals surface area contributed by atoms with Crippen LogP contribution in [0.15, 0.2) is 22.8 Å². The van der Waals surface area contributed by atoms with Gasteiger partial charge in [0.1, 0.15) is 22.4 Å². The Hall–Kier alpha value is -1.99. The van der Waals surface area contributed by atoms with E-state index in [9.17, 15) is 9.18 Å². The molecule has 0 saturated carbocycles. The topological polar surface area (TPSA) is 87.6 Å². The SMILES string of the molecule is C[C@@H](Oc1nc(F)c(Cl)c(N)c1Cl)C(=O)OCc1ccco1. The smallest absolute Gasteiger partial charge is 0.347 e. The lowest BCUT2D eigenvalue weighted by molar-refractivity contribution is -0.153. The minimum Gasteiger partial charge on any atom is -0.466 e. The summed E-state index contributed by atoms with van der Waals surface area (Å²) < 4.78 is 28.6. The van der Waals surface area contributed by atoms with Gasteiger partial charge in [-0.1, -0.05) is 23.2 Å². The Labute approximate surface area is 134 Å². The summed E-state index contributed by atoms with van der Waals surface area (Å²) >= 11 is 11.4. The van der Waals surface area contributed by atoms with Crippen molar-refractivity contribution < 1.29 is 23.1 Å². The number of esters is 1. The molecule has 0 fully saturated rings. The number of rotatable bonds is 5. The van der Waals surface area contributed by atoms with E-state index in [1.54, 1.807) is 12.1 Å². The first-order chi connectivity index (χ1) is 10.4. The number of carbonyl (C=O) groups is 1. The van der Waals surface area contributed by atoms with E-state index < -0.39 is 23.0 Å². The number of anilines is 1. The monoisotopic (exact) mass is 348 g/mol. The molecular weight excluding hydrogens is 338 g/mol. The summed E-state index contributed by atoms with van der Waals surface area (Å²) in [6.07, 6.45) is 0.367. The summed E-state index contributed by atoms with van der Waals surface area (Å²) in [5.41, 5.74) is 5.29. The fourth-order valence-electron chi connectivity index (χ4n) is 1.46. The second-order valence-corrected chi connectivity index (χ2v) is 4.95. The molecule has 22 heavy (non-hydrogen) atoms. The van der Waals surface area contributed by atoms with Gasteiger partial charge in [0.05, 0.1) is 12.0 Å². The van der Waals surface area contributed by atoms with Crippen LogP contribution in [0.2, 0.25) is 10.0 Å². The second-order valence-electron chi connectivity index (χ2n) is 4.20. The molecule has 0 saturated heterocycles. The van der Waals surface area contributed by atoms with E-state index in [-0.39, 0.29) is 23.2 Å². The van der Waals surface area contributed by atoms with Crippen LogP contribution in [-0.2, 0) is 16.1 Å². The Morgan fingerprint density at radius 2 is 2.23 bits per heavy atom. The number of hydrogen-bond donors (Lipinski definition) is 1. The molecule has 0 radical (unpaired) electrons. The molecule has 0 aliphatic carbocycles. The maximum absolute atomic E-state index is 13.4. The summed E-state index contributed by atoms with van der Waals surface area (Å²) in [5.74, 6) is -1.63. The number of hydrogen-bond acceptors (Lipinski definition) is 6. The summed E-state index contributed by atoms with van der Waals surface area (Å²) in [6.45, 7) is 1.34. The van der Waals surface area contributed by atoms with E-state index >= 15 is 0 Å². The first-order valence-electron chi connectivity index (χ1n) is 6.05. The zero-order chi connectivity index (χ0) is 16.3. The number of ether oxygens (including phenoxy) is 2. The van der Waals surface area contributed by atoms with Gasteiger partial charge >= 0.3 is 5.97 Å². The minimum absolute atomic E-state index is 0.0577. The molecule has 0 unspecified atom stereocenters. The van der Waals surface area contributed by atoms with E-state index in [0.29, 0.717) is 5.76 Å². The van der Waals surface area contributed by atoms with Gasteiger partial charge in [-0.15, -0.1) is 0 Å². The summed E-state index contributed by atoms with van der Waals surface area (Å²) in [5, 5.41) is -0.595. The van der Waals surface area contributed by atoms with Crippen LogP contribution in [0.1, 0.15) is 12.7 Å². The highest BCUT2D eigenvalue weighted by Crippen LogP contribution is 2.35. The van der Waals surface area contributed by atoms with E-state index in [4.69, 9.17) is 42.8 Å². The maximum Gasteiger partial charge on any atom is 0.347 e. The molecule has 2 aromatic heterocycles. The van der Waals surface area contributed by atoms with E-state index in [1.807, 2.05) is 0 Å². The lowest BCUT2D eigenvalue weighted by Gasteiger charge is -2.15. The van der Waals surface area contributed by atoms with Gasteiger partial charge in [0, 0.05) is 0 Å². The van der Waals surface area contributed by atoms with Gasteiger partial charge in [-0.3, -0.25) is 0 Å². The quantitative estimate of drug-likeness (QED) is 0.659. The number of nitrogens with two attached hydrogens (primary N) is 1. The van der Waals surface area contributed by atoms with Gasteiger partial charge in [-0.25, -0.2) is 4.79 Å². The average molecular weight is 349 g/mol. The lowest BCUT2D eigenvalue weighted by Crippen LogP contribution is -2.26. The van der Waals surface area contributed by atoms with Gasteiger partial charge in [-0.2, -0.15) is 9.37 Å². The molecule has 0 aliphatic rings. The van der Waals surface area contributed by atoms with Crippen molar-refractivity contribution in [2.75, 3.05) is 5.73 Å². The highest BCUT2D eigenvalue weighted by atomic mass is 35.5. The van der Waals surface area contributed by atoms with Crippen LogP contribution < -0.4 is 10.5 Å². The van der Waals surface area contributed by atoms with Crippen LogP contribution in [0.3, 0.4) is 0 Å². The summed E-state index contributed by atoms with van der Waals surface area (Å²) in [7, 11) is 0. The van der Waals surface area contributed by atoms with Gasteiger partial charge in [0.2, 0.25) is 11.8 Å². The van der Waals surface area contributed by atoms with Crippen LogP contribution in [0.4, 0.5) is 10.1 Å². The molecule has 2 aromatic rings. The van der Waals surface area contributed by atoms with Crippen molar-refractivity contribution in [1.29, 1.82) is 0 Å². The molecule has 118 valence electrons. The van der Waals surface area contributed by atoms with Gasteiger partial charge in [-0.05, 0) is 19.1 Å². The Morgan fingerprint density at radius 3 is 2.86 bits per heavy atom. The van der Waals surface area contributed by atoms with Crippen molar-refractivity contribution in [3.8, 4) is 5.88 Å². The number of aromatic nitrogens is 1. The highest BCUT2D eigenvalue weighted by Gasteiger charge is 2.22. The molecule has 6 nitrogen and oxygen atoms in total. The van der Waals surface area contributed by atoms with Crippen LogP contribution in [0, 0.1) is 5.95 Å². The van der Waals surface area contributed by atoms with Crippen molar-refractivity contribution in [2.24, 2.45) is 0 Å². The fraction of sp³-hybridized carbons (Fsp3) is 0.231. The number of furan rings is 1. The Balaban J connectivity index is 2.02. The molecule has 0 aromatic carbocycles. The average Bonchev–Trinajstić information content (AvgIpc) is 3.01. The third kappa shape index (κ3) is 3.61. The standard InChI is InChI=1S/C13H11Cl2FN2O4/c1-6(13(19)21-5-7-3-2-4-20-7)22-12-9(15)10(17)8(14)11(16)18-12/h2-4,6H,5H2,1H3,(H2,17,18)/t6-/m1/s1. The zero-order valence-electron chi connectivity index (χ0n) is 11.3. The molecule has 0 spiro atoms. The third-order valence-corrected chi connectivity index (χ3v) is 3.32. The molecule has 9 heteroatoms. The maximum atomic E-state index is 13.4. The Kier molecular flexibility index (Phi) is 5.10. The molecule has 0 bridgehead atoms. The minimum atomic E-state index is -1.08.